The molecule has 0 aliphatic carbocycles. The van der Waals surface area contributed by atoms with Crippen LogP contribution in [0.5, 0.6) is 0 Å². The van der Waals surface area contributed by atoms with Gasteiger partial charge in [-0.1, -0.05) is 0 Å². The van der Waals surface area contributed by atoms with Gasteiger partial charge in [0.15, 0.2) is 0 Å². The fourth-order valence-corrected chi connectivity index (χ4v) is 1.86. The van der Waals surface area contributed by atoms with Crippen LogP contribution in [-0.2, 0) is 18.4 Å². The highest BCUT2D eigenvalue weighted by Gasteiger charge is 2.28. The van der Waals surface area contributed by atoms with Crippen molar-refractivity contribution in [2.24, 2.45) is 18.3 Å². The molecule has 1 aromatic rings. The van der Waals surface area contributed by atoms with Gasteiger partial charge in [0.05, 0.1) is 11.6 Å². The topological polar surface area (TPSA) is 76.2 Å². The Morgan fingerprint density at radius 1 is 1.65 bits per heavy atom. The van der Waals surface area contributed by atoms with Gasteiger partial charge in [0, 0.05) is 31.9 Å². The number of aromatic nitrogens is 2. The number of hydrogen-bond donors (Lipinski definition) is 2. The molecule has 0 saturated heterocycles. The summed E-state index contributed by atoms with van der Waals surface area (Å²) in [7, 11) is 3.86. The number of carbonyl (C=O) groups excluding carboxylic acids is 1. The molecule has 0 aliphatic heterocycles. The van der Waals surface area contributed by atoms with Crippen molar-refractivity contribution in [1.29, 1.82) is 0 Å². The fraction of sp³-hybridized carbons (Fsp3) is 0.636. The van der Waals surface area contributed by atoms with Crippen LogP contribution in [0.25, 0.3) is 0 Å². The molecule has 6 nitrogen and oxygen atoms in total. The molecule has 1 rings (SSSR count). The zero-order valence-corrected chi connectivity index (χ0v) is 10.9. The Morgan fingerprint density at radius 2 is 2.29 bits per heavy atom. The van der Waals surface area contributed by atoms with Gasteiger partial charge in [-0.25, -0.2) is 5.84 Å². The number of nitrogens with two attached hydrogens (primary N) is 1. The number of aryl methyl sites for hydroxylation is 1. The fourth-order valence-electron chi connectivity index (χ4n) is 1.86. The molecule has 1 aromatic heterocycles. The summed E-state index contributed by atoms with van der Waals surface area (Å²) in [6.45, 7) is 5.13. The van der Waals surface area contributed by atoms with Crippen molar-refractivity contribution in [1.82, 2.24) is 20.1 Å². The maximum Gasteiger partial charge on any atom is 0.240 e. The molecule has 1 amide bonds. The van der Waals surface area contributed by atoms with Crippen LogP contribution < -0.4 is 11.3 Å². The molecule has 0 aliphatic rings. The van der Waals surface area contributed by atoms with Gasteiger partial charge in [0.2, 0.25) is 5.91 Å². The summed E-state index contributed by atoms with van der Waals surface area (Å²) < 4.78 is 1.76. The Labute approximate surface area is 102 Å². The van der Waals surface area contributed by atoms with E-state index in [1.165, 1.54) is 0 Å². The summed E-state index contributed by atoms with van der Waals surface area (Å²) in [6.07, 6.45) is 3.79. The highest BCUT2D eigenvalue weighted by atomic mass is 16.2. The Kier molecular flexibility index (Phi) is 4.25. The second kappa shape index (κ2) is 5.29. The summed E-state index contributed by atoms with van der Waals surface area (Å²) in [6, 6.07) is 0. The van der Waals surface area contributed by atoms with Gasteiger partial charge >= 0.3 is 0 Å². The van der Waals surface area contributed by atoms with Crippen molar-refractivity contribution in [3.8, 4) is 0 Å². The number of nitrogens with one attached hydrogen (secondary N) is 1. The van der Waals surface area contributed by atoms with Gasteiger partial charge in [-0.05, 0) is 20.9 Å². The normalized spacial score (nSPS) is 11.9. The Hall–Kier alpha value is -1.40. The van der Waals surface area contributed by atoms with Crippen LogP contribution in [0.3, 0.4) is 0 Å². The number of rotatable bonds is 5. The minimum atomic E-state index is -0.508. The van der Waals surface area contributed by atoms with Crippen molar-refractivity contribution < 1.29 is 4.79 Å². The van der Waals surface area contributed by atoms with Crippen LogP contribution in [0.4, 0.5) is 0 Å². The maximum absolute atomic E-state index is 11.5. The first kappa shape index (κ1) is 13.7. The zero-order valence-electron chi connectivity index (χ0n) is 10.9. The van der Waals surface area contributed by atoms with Gasteiger partial charge in [-0.15, -0.1) is 0 Å². The van der Waals surface area contributed by atoms with Gasteiger partial charge < -0.3 is 4.90 Å². The molecule has 6 heteroatoms. The number of hydrogen-bond acceptors (Lipinski definition) is 4. The van der Waals surface area contributed by atoms with E-state index in [1.54, 1.807) is 4.68 Å². The van der Waals surface area contributed by atoms with Crippen LogP contribution in [0, 0.1) is 5.41 Å². The largest absolute Gasteiger partial charge is 0.301 e. The summed E-state index contributed by atoms with van der Waals surface area (Å²) in [5.41, 5.74) is 2.81. The molecule has 0 spiro atoms. The maximum atomic E-state index is 11.5. The third kappa shape index (κ3) is 3.83. The van der Waals surface area contributed by atoms with Gasteiger partial charge in [0.1, 0.15) is 0 Å². The van der Waals surface area contributed by atoms with Crippen molar-refractivity contribution in [2.75, 3.05) is 13.6 Å². The van der Waals surface area contributed by atoms with E-state index in [1.807, 2.05) is 40.3 Å². The lowest BCUT2D eigenvalue weighted by Gasteiger charge is -2.28. The van der Waals surface area contributed by atoms with E-state index in [4.69, 9.17) is 5.84 Å². The minimum absolute atomic E-state index is 0.157. The van der Waals surface area contributed by atoms with Gasteiger partial charge in [-0.3, -0.25) is 14.9 Å². The molecular formula is C11H21N5O. The highest BCUT2D eigenvalue weighted by molar-refractivity contribution is 5.81. The van der Waals surface area contributed by atoms with Crippen LogP contribution in [0.2, 0.25) is 0 Å². The van der Waals surface area contributed by atoms with Crippen molar-refractivity contribution in [2.45, 2.75) is 20.4 Å². The lowest BCUT2D eigenvalue weighted by molar-refractivity contribution is -0.130. The van der Waals surface area contributed by atoms with Crippen molar-refractivity contribution in [3.05, 3.63) is 18.0 Å². The first-order valence-corrected chi connectivity index (χ1v) is 5.52. The molecule has 96 valence electrons. The van der Waals surface area contributed by atoms with Gasteiger partial charge in [-0.2, -0.15) is 5.10 Å². The van der Waals surface area contributed by atoms with Crippen molar-refractivity contribution in [3.63, 3.8) is 0 Å². The average Bonchev–Trinajstić information content (AvgIpc) is 2.61. The predicted molar refractivity (Wildman–Crippen MR) is 65.7 cm³/mol. The smallest absolute Gasteiger partial charge is 0.240 e. The van der Waals surface area contributed by atoms with Crippen LogP contribution in [0.15, 0.2) is 12.4 Å². The van der Waals surface area contributed by atoms with E-state index in [0.29, 0.717) is 6.54 Å². The van der Waals surface area contributed by atoms with Crippen LogP contribution in [-0.4, -0.2) is 34.2 Å². The molecule has 3 N–H and O–H groups in total. The second-order valence-electron chi connectivity index (χ2n) is 5.05. The number of nitrogens with zero attached hydrogens (tertiary/aromatic N) is 3. The predicted octanol–water partition coefficient (Wildman–Crippen LogP) is -0.132. The van der Waals surface area contributed by atoms with E-state index < -0.39 is 5.41 Å². The summed E-state index contributed by atoms with van der Waals surface area (Å²) in [4.78, 5) is 13.6. The van der Waals surface area contributed by atoms with E-state index in [9.17, 15) is 4.79 Å². The SMILES string of the molecule is CN(Cc1cnn(C)c1)CC(C)(C)C(=O)NN. The lowest BCUT2D eigenvalue weighted by atomic mass is 9.92. The number of hydrazine groups is 1. The molecular weight excluding hydrogens is 218 g/mol. The third-order valence-electron chi connectivity index (χ3n) is 2.62. The Morgan fingerprint density at radius 3 is 2.76 bits per heavy atom. The summed E-state index contributed by atoms with van der Waals surface area (Å²) >= 11 is 0. The lowest BCUT2D eigenvalue weighted by Crippen LogP contribution is -2.46. The molecule has 1 heterocycles. The standard InChI is InChI=1S/C11H21N5O/c1-11(2,10(17)14-12)8-15(3)6-9-5-13-16(4)7-9/h5,7H,6,8,12H2,1-4H3,(H,14,17). The van der Waals surface area contributed by atoms with E-state index in [0.717, 1.165) is 12.1 Å². The molecule has 0 atom stereocenters. The van der Waals surface area contributed by atoms with E-state index >= 15 is 0 Å². The Balaban J connectivity index is 2.54. The monoisotopic (exact) mass is 239 g/mol. The van der Waals surface area contributed by atoms with Crippen molar-refractivity contribution >= 4 is 5.91 Å². The van der Waals surface area contributed by atoms with E-state index in [2.05, 4.69) is 15.4 Å². The van der Waals surface area contributed by atoms with Gasteiger partial charge in [0.25, 0.3) is 0 Å². The third-order valence-corrected chi connectivity index (χ3v) is 2.62. The minimum Gasteiger partial charge on any atom is -0.301 e. The molecule has 0 fully saturated rings. The first-order valence-electron chi connectivity index (χ1n) is 5.52. The quantitative estimate of drug-likeness (QED) is 0.426. The van der Waals surface area contributed by atoms with Crippen LogP contribution in [0.1, 0.15) is 19.4 Å². The summed E-state index contributed by atoms with van der Waals surface area (Å²) in [5, 5.41) is 4.11. The number of amides is 1. The molecule has 0 aromatic carbocycles. The first-order chi connectivity index (χ1) is 7.85. The highest BCUT2D eigenvalue weighted by Crippen LogP contribution is 2.17. The summed E-state index contributed by atoms with van der Waals surface area (Å²) in [5.74, 6) is 5.00. The molecule has 0 bridgehead atoms. The Bertz CT molecular complexity index is 385. The molecule has 0 radical (unpaired) electrons. The molecule has 0 unspecified atom stereocenters. The zero-order chi connectivity index (χ0) is 13.1. The number of carbonyl (C=O) groups is 1. The molecule has 17 heavy (non-hydrogen) atoms. The average molecular weight is 239 g/mol. The van der Waals surface area contributed by atoms with Crippen LogP contribution >= 0.6 is 0 Å². The second-order valence-corrected chi connectivity index (χ2v) is 5.05. The molecule has 0 saturated carbocycles. The van der Waals surface area contributed by atoms with E-state index in [-0.39, 0.29) is 5.91 Å².